The summed E-state index contributed by atoms with van der Waals surface area (Å²) in [5, 5.41) is 3.18. The zero-order valence-corrected chi connectivity index (χ0v) is 12.1. The summed E-state index contributed by atoms with van der Waals surface area (Å²) in [7, 11) is 0. The molecule has 0 amide bonds. The van der Waals surface area contributed by atoms with Gasteiger partial charge in [-0.1, -0.05) is 37.9 Å². The SMILES string of the molecule is Fc1ccc(Br)cc1CNc1cccc(Br)c1. The molecule has 0 saturated heterocycles. The van der Waals surface area contributed by atoms with Gasteiger partial charge < -0.3 is 5.32 Å². The summed E-state index contributed by atoms with van der Waals surface area (Å²) < 4.78 is 15.4. The first kappa shape index (κ1) is 12.6. The van der Waals surface area contributed by atoms with E-state index in [9.17, 15) is 4.39 Å². The maximum absolute atomic E-state index is 13.5. The summed E-state index contributed by atoms with van der Waals surface area (Å²) >= 11 is 6.73. The van der Waals surface area contributed by atoms with Crippen LogP contribution in [0.15, 0.2) is 51.4 Å². The van der Waals surface area contributed by atoms with Crippen molar-refractivity contribution in [2.45, 2.75) is 6.54 Å². The second-order valence-electron chi connectivity index (χ2n) is 3.60. The second kappa shape index (κ2) is 5.65. The van der Waals surface area contributed by atoms with Crippen molar-refractivity contribution >= 4 is 37.5 Å². The number of anilines is 1. The molecular weight excluding hydrogens is 349 g/mol. The highest BCUT2D eigenvalue weighted by Gasteiger charge is 2.02. The quantitative estimate of drug-likeness (QED) is 0.817. The Kier molecular flexibility index (Phi) is 4.18. The van der Waals surface area contributed by atoms with E-state index in [4.69, 9.17) is 0 Å². The molecule has 0 saturated carbocycles. The lowest BCUT2D eigenvalue weighted by Crippen LogP contribution is -2.01. The van der Waals surface area contributed by atoms with Crippen molar-refractivity contribution in [3.8, 4) is 0 Å². The van der Waals surface area contributed by atoms with Crippen LogP contribution in [0.2, 0.25) is 0 Å². The van der Waals surface area contributed by atoms with Crippen molar-refractivity contribution in [2.75, 3.05) is 5.32 Å². The summed E-state index contributed by atoms with van der Waals surface area (Å²) in [5.74, 6) is -0.198. The van der Waals surface area contributed by atoms with Crippen LogP contribution in [0, 0.1) is 5.82 Å². The number of hydrogen-bond donors (Lipinski definition) is 1. The number of rotatable bonds is 3. The normalized spacial score (nSPS) is 10.3. The first-order valence-electron chi connectivity index (χ1n) is 5.08. The largest absolute Gasteiger partial charge is 0.381 e. The lowest BCUT2D eigenvalue weighted by Gasteiger charge is -2.08. The topological polar surface area (TPSA) is 12.0 Å². The molecule has 1 N–H and O–H groups in total. The Morgan fingerprint density at radius 2 is 1.76 bits per heavy atom. The molecule has 2 aromatic carbocycles. The van der Waals surface area contributed by atoms with Crippen LogP contribution in [-0.2, 0) is 6.54 Å². The predicted molar refractivity (Wildman–Crippen MR) is 75.6 cm³/mol. The molecule has 88 valence electrons. The van der Waals surface area contributed by atoms with Gasteiger partial charge in [-0.2, -0.15) is 0 Å². The van der Waals surface area contributed by atoms with Gasteiger partial charge in [0.1, 0.15) is 5.82 Å². The van der Waals surface area contributed by atoms with E-state index in [1.807, 2.05) is 24.3 Å². The summed E-state index contributed by atoms with van der Waals surface area (Å²) in [4.78, 5) is 0. The highest BCUT2D eigenvalue weighted by Crippen LogP contribution is 2.19. The number of nitrogens with one attached hydrogen (secondary N) is 1. The van der Waals surface area contributed by atoms with Crippen molar-refractivity contribution in [3.05, 3.63) is 62.8 Å². The molecule has 0 spiro atoms. The fourth-order valence-electron chi connectivity index (χ4n) is 1.47. The van der Waals surface area contributed by atoms with Gasteiger partial charge in [0.2, 0.25) is 0 Å². The van der Waals surface area contributed by atoms with Crippen molar-refractivity contribution in [1.82, 2.24) is 0 Å². The van der Waals surface area contributed by atoms with Crippen molar-refractivity contribution < 1.29 is 4.39 Å². The van der Waals surface area contributed by atoms with Crippen LogP contribution in [-0.4, -0.2) is 0 Å². The van der Waals surface area contributed by atoms with Crippen LogP contribution < -0.4 is 5.32 Å². The summed E-state index contributed by atoms with van der Waals surface area (Å²) in [6.45, 7) is 0.460. The Balaban J connectivity index is 2.09. The van der Waals surface area contributed by atoms with Gasteiger partial charge in [0.05, 0.1) is 0 Å². The Labute approximate surface area is 116 Å². The highest BCUT2D eigenvalue weighted by molar-refractivity contribution is 9.10. The van der Waals surface area contributed by atoms with E-state index < -0.39 is 0 Å². The first-order valence-corrected chi connectivity index (χ1v) is 6.67. The molecule has 0 unspecified atom stereocenters. The van der Waals surface area contributed by atoms with Crippen molar-refractivity contribution in [2.24, 2.45) is 0 Å². The average Bonchev–Trinajstić information content (AvgIpc) is 2.30. The zero-order chi connectivity index (χ0) is 12.3. The average molecular weight is 359 g/mol. The van der Waals surface area contributed by atoms with Crippen LogP contribution in [0.3, 0.4) is 0 Å². The highest BCUT2D eigenvalue weighted by atomic mass is 79.9. The monoisotopic (exact) mass is 357 g/mol. The van der Waals surface area contributed by atoms with Crippen LogP contribution in [0.5, 0.6) is 0 Å². The lowest BCUT2D eigenvalue weighted by atomic mass is 10.2. The van der Waals surface area contributed by atoms with E-state index in [2.05, 4.69) is 37.2 Å². The molecule has 0 fully saturated rings. The summed E-state index contributed by atoms with van der Waals surface area (Å²) in [6.07, 6.45) is 0. The second-order valence-corrected chi connectivity index (χ2v) is 5.43. The van der Waals surface area contributed by atoms with E-state index in [-0.39, 0.29) is 5.82 Å². The first-order chi connectivity index (χ1) is 8.15. The lowest BCUT2D eigenvalue weighted by molar-refractivity contribution is 0.612. The fourth-order valence-corrected chi connectivity index (χ4v) is 2.28. The number of halogens is 3. The minimum Gasteiger partial charge on any atom is -0.381 e. The van der Waals surface area contributed by atoms with Gasteiger partial charge in [0, 0.05) is 26.7 Å². The third-order valence-electron chi connectivity index (χ3n) is 2.32. The molecule has 0 heterocycles. The maximum atomic E-state index is 13.5. The Hall–Kier alpha value is -0.870. The van der Waals surface area contributed by atoms with Crippen LogP contribution in [0.1, 0.15) is 5.56 Å². The Morgan fingerprint density at radius 3 is 2.53 bits per heavy atom. The molecule has 0 aliphatic rings. The zero-order valence-electron chi connectivity index (χ0n) is 8.88. The van der Waals surface area contributed by atoms with E-state index >= 15 is 0 Å². The van der Waals surface area contributed by atoms with Crippen molar-refractivity contribution in [3.63, 3.8) is 0 Å². The van der Waals surface area contributed by atoms with Gasteiger partial charge in [-0.25, -0.2) is 4.39 Å². The molecule has 2 rings (SSSR count). The standard InChI is InChI=1S/C13H10Br2FN/c14-10-2-1-3-12(7-10)17-8-9-6-11(15)4-5-13(9)16/h1-7,17H,8H2. The Morgan fingerprint density at radius 1 is 1.00 bits per heavy atom. The van der Waals surface area contributed by atoms with Crippen LogP contribution in [0.25, 0.3) is 0 Å². The van der Waals surface area contributed by atoms with E-state index in [0.29, 0.717) is 12.1 Å². The smallest absolute Gasteiger partial charge is 0.128 e. The molecule has 0 atom stereocenters. The van der Waals surface area contributed by atoms with Crippen LogP contribution in [0.4, 0.5) is 10.1 Å². The molecule has 0 aliphatic carbocycles. The molecule has 1 nitrogen and oxygen atoms in total. The minimum absolute atomic E-state index is 0.198. The third kappa shape index (κ3) is 3.54. The van der Waals surface area contributed by atoms with Gasteiger partial charge in [-0.3, -0.25) is 0 Å². The van der Waals surface area contributed by atoms with E-state index in [1.165, 1.54) is 6.07 Å². The van der Waals surface area contributed by atoms with E-state index in [1.54, 1.807) is 12.1 Å². The fraction of sp³-hybridized carbons (Fsp3) is 0.0769. The van der Waals surface area contributed by atoms with Crippen LogP contribution >= 0.6 is 31.9 Å². The molecule has 0 aliphatic heterocycles. The summed E-state index contributed by atoms with van der Waals surface area (Å²) in [5.41, 5.74) is 1.60. The molecule has 0 bridgehead atoms. The maximum Gasteiger partial charge on any atom is 0.128 e. The molecule has 0 radical (unpaired) electrons. The molecule has 0 aromatic heterocycles. The van der Waals surface area contributed by atoms with E-state index in [0.717, 1.165) is 14.6 Å². The third-order valence-corrected chi connectivity index (χ3v) is 3.30. The molecular formula is C13H10Br2FN. The van der Waals surface area contributed by atoms with Gasteiger partial charge in [0.15, 0.2) is 0 Å². The van der Waals surface area contributed by atoms with Gasteiger partial charge in [-0.05, 0) is 36.4 Å². The molecule has 4 heteroatoms. The summed E-state index contributed by atoms with van der Waals surface area (Å²) in [6, 6.07) is 12.7. The minimum atomic E-state index is -0.198. The molecule has 17 heavy (non-hydrogen) atoms. The molecule has 2 aromatic rings. The van der Waals surface area contributed by atoms with Crippen molar-refractivity contribution in [1.29, 1.82) is 0 Å². The van der Waals surface area contributed by atoms with Gasteiger partial charge in [0.25, 0.3) is 0 Å². The number of benzene rings is 2. The number of hydrogen-bond acceptors (Lipinski definition) is 1. The van der Waals surface area contributed by atoms with Gasteiger partial charge >= 0.3 is 0 Å². The Bertz CT molecular complexity index is 529. The predicted octanol–water partition coefficient (Wildman–Crippen LogP) is 4.96. The van der Waals surface area contributed by atoms with Gasteiger partial charge in [-0.15, -0.1) is 0 Å².